The lowest BCUT2D eigenvalue weighted by Crippen LogP contribution is -2.28. The van der Waals surface area contributed by atoms with Crippen LogP contribution >= 0.6 is 0 Å². The van der Waals surface area contributed by atoms with Crippen molar-refractivity contribution in [2.45, 2.75) is 12.6 Å². The number of carboxylic acids is 1. The zero-order chi connectivity index (χ0) is 20.1. The zero-order valence-corrected chi connectivity index (χ0v) is 14.6. The third-order valence-corrected chi connectivity index (χ3v) is 4.06. The van der Waals surface area contributed by atoms with Crippen LogP contribution in [0.15, 0.2) is 48.5 Å². The summed E-state index contributed by atoms with van der Waals surface area (Å²) < 4.78 is 4.77. The van der Waals surface area contributed by atoms with Crippen molar-refractivity contribution >= 4 is 29.5 Å². The number of cyclic esters (lactones) is 1. The Balaban J connectivity index is 1.53. The number of nitriles is 1. The number of ether oxygens (including phenoxy) is 1. The summed E-state index contributed by atoms with van der Waals surface area (Å²) in [5, 5.41) is 23.0. The van der Waals surface area contributed by atoms with Crippen molar-refractivity contribution in [2.75, 3.05) is 16.8 Å². The third kappa shape index (κ3) is 4.37. The minimum Gasteiger partial charge on any atom is -0.478 e. The second-order valence-electron chi connectivity index (χ2n) is 5.98. The molecule has 28 heavy (non-hydrogen) atoms. The van der Waals surface area contributed by atoms with Gasteiger partial charge in [-0.1, -0.05) is 12.1 Å². The molecule has 0 spiro atoms. The molecule has 0 aromatic heterocycles. The Morgan fingerprint density at radius 3 is 2.43 bits per heavy atom. The lowest BCUT2D eigenvalue weighted by atomic mass is 10.2. The highest BCUT2D eigenvalue weighted by Gasteiger charge is 2.36. The van der Waals surface area contributed by atoms with Gasteiger partial charge in [0.25, 0.3) is 0 Å². The van der Waals surface area contributed by atoms with Crippen molar-refractivity contribution in [2.24, 2.45) is 0 Å². The number of nitrogens with zero attached hydrogens (tertiary/aromatic N) is 2. The molecule has 1 aliphatic heterocycles. The second kappa shape index (κ2) is 8.09. The van der Waals surface area contributed by atoms with Gasteiger partial charge in [0.1, 0.15) is 0 Å². The van der Waals surface area contributed by atoms with Crippen LogP contribution in [0.4, 0.5) is 21.0 Å². The maximum Gasteiger partial charge on any atom is 0.415 e. The van der Waals surface area contributed by atoms with Crippen LogP contribution in [0.25, 0.3) is 0 Å². The number of rotatable bonds is 5. The highest BCUT2D eigenvalue weighted by molar-refractivity contribution is 5.94. The zero-order valence-electron chi connectivity index (χ0n) is 14.6. The predicted octanol–water partition coefficient (Wildman–Crippen LogP) is 2.29. The van der Waals surface area contributed by atoms with Crippen molar-refractivity contribution in [1.29, 1.82) is 5.26 Å². The number of carboxylic acid groups (broad SMARTS) is 1. The monoisotopic (exact) mass is 380 g/mol. The SMILES string of the molecule is N#Cc1ccc(NC(=O)NCc2ccc(N3CC(C(=O)O)OC3=O)cc2)cc1. The summed E-state index contributed by atoms with van der Waals surface area (Å²) in [5.74, 6) is -1.19. The van der Waals surface area contributed by atoms with Gasteiger partial charge in [0.15, 0.2) is 0 Å². The summed E-state index contributed by atoms with van der Waals surface area (Å²) in [6.45, 7) is 0.198. The van der Waals surface area contributed by atoms with E-state index >= 15 is 0 Å². The maximum atomic E-state index is 11.9. The molecule has 1 heterocycles. The fourth-order valence-corrected chi connectivity index (χ4v) is 2.58. The average Bonchev–Trinajstić information content (AvgIpc) is 3.09. The van der Waals surface area contributed by atoms with E-state index in [0.717, 1.165) is 5.56 Å². The molecular weight excluding hydrogens is 364 g/mol. The number of urea groups is 1. The Kier molecular flexibility index (Phi) is 5.41. The van der Waals surface area contributed by atoms with Gasteiger partial charge in [-0.15, -0.1) is 0 Å². The van der Waals surface area contributed by atoms with Crippen molar-refractivity contribution in [1.82, 2.24) is 5.32 Å². The van der Waals surface area contributed by atoms with Gasteiger partial charge >= 0.3 is 18.1 Å². The first-order chi connectivity index (χ1) is 13.5. The van der Waals surface area contributed by atoms with Crippen molar-refractivity contribution in [3.8, 4) is 6.07 Å². The first-order valence-corrected chi connectivity index (χ1v) is 8.31. The van der Waals surface area contributed by atoms with Gasteiger partial charge < -0.3 is 20.5 Å². The first kappa shape index (κ1) is 18.7. The van der Waals surface area contributed by atoms with E-state index in [0.29, 0.717) is 16.9 Å². The van der Waals surface area contributed by atoms with Crippen molar-refractivity contribution in [3.05, 3.63) is 59.7 Å². The molecule has 9 nitrogen and oxygen atoms in total. The first-order valence-electron chi connectivity index (χ1n) is 8.31. The van der Waals surface area contributed by atoms with E-state index in [1.165, 1.54) is 4.90 Å². The smallest absolute Gasteiger partial charge is 0.415 e. The van der Waals surface area contributed by atoms with Crippen LogP contribution in [0.5, 0.6) is 0 Å². The largest absolute Gasteiger partial charge is 0.478 e. The number of hydrogen-bond donors (Lipinski definition) is 3. The van der Waals surface area contributed by atoms with E-state index in [9.17, 15) is 14.4 Å². The summed E-state index contributed by atoms with van der Waals surface area (Å²) in [4.78, 5) is 35.9. The number of hydrogen-bond acceptors (Lipinski definition) is 5. The molecule has 9 heteroatoms. The van der Waals surface area contributed by atoms with Gasteiger partial charge in [0.05, 0.1) is 18.2 Å². The molecule has 142 valence electrons. The molecule has 1 saturated heterocycles. The molecule has 3 amide bonds. The lowest BCUT2D eigenvalue weighted by Gasteiger charge is -2.13. The minimum absolute atomic E-state index is 0.0568. The number of benzene rings is 2. The number of carbonyl (C=O) groups excluding carboxylic acids is 2. The Hall–Kier alpha value is -4.06. The lowest BCUT2D eigenvalue weighted by molar-refractivity contribution is -0.144. The molecule has 0 aliphatic carbocycles. The molecule has 1 fully saturated rings. The van der Waals surface area contributed by atoms with E-state index < -0.39 is 24.2 Å². The van der Waals surface area contributed by atoms with E-state index in [1.807, 2.05) is 6.07 Å². The van der Waals surface area contributed by atoms with Crippen LogP contribution in [0.3, 0.4) is 0 Å². The van der Waals surface area contributed by atoms with E-state index in [1.54, 1.807) is 48.5 Å². The molecule has 1 unspecified atom stereocenters. The summed E-state index contributed by atoms with van der Waals surface area (Å²) in [6, 6.07) is 14.8. The van der Waals surface area contributed by atoms with Crippen molar-refractivity contribution in [3.63, 3.8) is 0 Å². The van der Waals surface area contributed by atoms with Gasteiger partial charge in [-0.2, -0.15) is 5.26 Å². The van der Waals surface area contributed by atoms with Crippen LogP contribution in [0.2, 0.25) is 0 Å². The Bertz CT molecular complexity index is 934. The maximum absolute atomic E-state index is 11.9. The third-order valence-electron chi connectivity index (χ3n) is 4.06. The highest BCUT2D eigenvalue weighted by atomic mass is 16.6. The van der Waals surface area contributed by atoms with Gasteiger partial charge in [-0.05, 0) is 42.0 Å². The summed E-state index contributed by atoms with van der Waals surface area (Å²) in [7, 11) is 0. The van der Waals surface area contributed by atoms with E-state index in [4.69, 9.17) is 15.1 Å². The van der Waals surface area contributed by atoms with E-state index in [2.05, 4.69) is 10.6 Å². The second-order valence-corrected chi connectivity index (χ2v) is 5.98. The molecule has 3 rings (SSSR count). The van der Waals surface area contributed by atoms with Crippen LogP contribution in [0.1, 0.15) is 11.1 Å². The fraction of sp³-hybridized carbons (Fsp3) is 0.158. The Labute approximate surface area is 160 Å². The number of amides is 3. The molecule has 2 aromatic rings. The van der Waals surface area contributed by atoms with Crippen LogP contribution in [-0.4, -0.2) is 35.8 Å². The van der Waals surface area contributed by atoms with E-state index in [-0.39, 0.29) is 13.1 Å². The molecule has 0 radical (unpaired) electrons. The summed E-state index contributed by atoms with van der Waals surface area (Å²) in [5.41, 5.74) is 2.37. The molecule has 2 aromatic carbocycles. The van der Waals surface area contributed by atoms with Crippen LogP contribution in [-0.2, 0) is 16.1 Å². The fourth-order valence-electron chi connectivity index (χ4n) is 2.58. The van der Waals surface area contributed by atoms with Crippen LogP contribution in [0, 0.1) is 11.3 Å². The summed E-state index contributed by atoms with van der Waals surface area (Å²) >= 11 is 0. The minimum atomic E-state index is -1.19. The normalized spacial score (nSPS) is 15.5. The van der Waals surface area contributed by atoms with Gasteiger partial charge in [-0.25, -0.2) is 14.4 Å². The number of carbonyl (C=O) groups is 3. The molecule has 1 aliphatic rings. The number of anilines is 2. The van der Waals surface area contributed by atoms with Gasteiger partial charge in [0.2, 0.25) is 6.10 Å². The molecular formula is C19H16N4O5. The molecule has 0 saturated carbocycles. The van der Waals surface area contributed by atoms with Gasteiger partial charge in [0, 0.05) is 17.9 Å². The topological polar surface area (TPSA) is 132 Å². The van der Waals surface area contributed by atoms with Crippen LogP contribution < -0.4 is 15.5 Å². The Morgan fingerprint density at radius 1 is 1.18 bits per heavy atom. The molecule has 0 bridgehead atoms. The summed E-state index contributed by atoms with van der Waals surface area (Å²) in [6.07, 6.45) is -1.89. The Morgan fingerprint density at radius 2 is 1.86 bits per heavy atom. The molecule has 1 atom stereocenters. The van der Waals surface area contributed by atoms with Gasteiger partial charge in [-0.3, -0.25) is 4.90 Å². The molecule has 3 N–H and O–H groups in total. The standard InChI is InChI=1S/C19H16N4O5/c20-9-12-1-5-14(6-2-12)22-18(26)21-10-13-3-7-15(8-4-13)23-11-16(17(24)25)28-19(23)27/h1-8,16H,10-11H2,(H,24,25)(H2,21,22,26). The predicted molar refractivity (Wildman–Crippen MR) is 98.7 cm³/mol. The number of aliphatic carboxylic acids is 1. The average molecular weight is 380 g/mol. The van der Waals surface area contributed by atoms with Crippen molar-refractivity contribution < 1.29 is 24.2 Å². The number of nitrogens with one attached hydrogen (secondary N) is 2. The quantitative estimate of drug-likeness (QED) is 0.729. The highest BCUT2D eigenvalue weighted by Crippen LogP contribution is 2.22.